The zero-order chi connectivity index (χ0) is 14.0. The second-order valence-electron chi connectivity index (χ2n) is 5.18. The Morgan fingerprint density at radius 3 is 2.84 bits per heavy atom. The fraction of sp³-hybridized carbons (Fsp3) is 0.538. The first-order valence-electron chi connectivity index (χ1n) is 6.29. The van der Waals surface area contributed by atoms with Gasteiger partial charge in [0.05, 0.1) is 4.92 Å². The zero-order valence-electron chi connectivity index (χ0n) is 11.2. The van der Waals surface area contributed by atoms with E-state index < -0.39 is 4.92 Å². The number of hydrogen-bond acceptors (Lipinski definition) is 4. The summed E-state index contributed by atoms with van der Waals surface area (Å²) in [4.78, 5) is 15.0. The Kier molecular flexibility index (Phi) is 4.39. The van der Waals surface area contributed by atoms with Crippen molar-refractivity contribution < 1.29 is 4.92 Å². The van der Waals surface area contributed by atoms with E-state index in [0.29, 0.717) is 6.04 Å². The van der Waals surface area contributed by atoms with Crippen molar-refractivity contribution in [2.24, 2.45) is 0 Å². The fourth-order valence-electron chi connectivity index (χ4n) is 2.43. The Bertz CT molecular complexity index is 479. The average Bonchev–Trinajstić information content (AvgIpc) is 2.80. The molecule has 5 nitrogen and oxygen atoms in total. The summed E-state index contributed by atoms with van der Waals surface area (Å²) in [5, 5.41) is 11.0. The predicted molar refractivity (Wildman–Crippen MR) is 75.5 cm³/mol. The van der Waals surface area contributed by atoms with Gasteiger partial charge in [-0.25, -0.2) is 0 Å². The average molecular weight is 284 g/mol. The Balaban J connectivity index is 2.04. The molecule has 1 fully saturated rings. The third-order valence-corrected chi connectivity index (χ3v) is 3.91. The second-order valence-corrected chi connectivity index (χ2v) is 5.59. The van der Waals surface area contributed by atoms with Crippen LogP contribution in [0.3, 0.4) is 0 Å². The van der Waals surface area contributed by atoms with Gasteiger partial charge in [-0.1, -0.05) is 17.7 Å². The van der Waals surface area contributed by atoms with Crippen molar-refractivity contribution in [3.8, 4) is 0 Å². The molecule has 0 N–H and O–H groups in total. The molecule has 1 atom stereocenters. The molecule has 1 aromatic carbocycles. The number of likely N-dealkylation sites (N-methyl/N-ethyl adjacent to an activating group) is 1. The first kappa shape index (κ1) is 14.2. The van der Waals surface area contributed by atoms with Crippen molar-refractivity contribution in [2.75, 3.05) is 27.2 Å². The summed E-state index contributed by atoms with van der Waals surface area (Å²) in [6, 6.07) is 5.61. The van der Waals surface area contributed by atoms with E-state index in [4.69, 9.17) is 11.6 Å². The first-order chi connectivity index (χ1) is 8.97. The molecule has 6 heteroatoms. The maximum atomic E-state index is 10.9. The lowest BCUT2D eigenvalue weighted by atomic mass is 10.2. The predicted octanol–water partition coefficient (Wildman–Crippen LogP) is 2.38. The molecule has 1 aromatic rings. The van der Waals surface area contributed by atoms with Crippen LogP contribution in [0.15, 0.2) is 18.2 Å². The summed E-state index contributed by atoms with van der Waals surface area (Å²) >= 11 is 5.81. The normalized spacial score (nSPS) is 20.1. The molecule has 1 heterocycles. The quantitative estimate of drug-likeness (QED) is 0.629. The lowest BCUT2D eigenvalue weighted by molar-refractivity contribution is -0.384. The van der Waals surface area contributed by atoms with E-state index in [1.165, 1.54) is 0 Å². The highest BCUT2D eigenvalue weighted by atomic mass is 35.5. The highest BCUT2D eigenvalue weighted by Gasteiger charge is 2.24. The van der Waals surface area contributed by atoms with Crippen LogP contribution < -0.4 is 0 Å². The fourth-order valence-corrected chi connectivity index (χ4v) is 2.62. The van der Waals surface area contributed by atoms with Crippen molar-refractivity contribution >= 4 is 17.3 Å². The van der Waals surface area contributed by atoms with Crippen LogP contribution in [0.25, 0.3) is 0 Å². The SMILES string of the molecule is CN(C)C1CCN(Cc2ccc(Cl)c([N+](=O)[O-])c2)C1. The standard InChI is InChI=1S/C13H18ClN3O2/c1-15(2)11-5-6-16(9-11)8-10-3-4-12(14)13(7-10)17(18)19/h3-4,7,11H,5-6,8-9H2,1-2H3. The molecule has 0 amide bonds. The highest BCUT2D eigenvalue weighted by molar-refractivity contribution is 6.32. The van der Waals surface area contributed by atoms with Gasteiger partial charge in [0.25, 0.3) is 5.69 Å². The molecule has 104 valence electrons. The summed E-state index contributed by atoms with van der Waals surface area (Å²) in [5.41, 5.74) is 0.929. The van der Waals surface area contributed by atoms with Gasteiger partial charge in [0.1, 0.15) is 5.02 Å². The van der Waals surface area contributed by atoms with Gasteiger partial charge in [-0.2, -0.15) is 0 Å². The van der Waals surface area contributed by atoms with Crippen LogP contribution in [0.4, 0.5) is 5.69 Å². The lowest BCUT2D eigenvalue weighted by Crippen LogP contribution is -2.31. The molecule has 0 radical (unpaired) electrons. The molecule has 19 heavy (non-hydrogen) atoms. The Labute approximate surface area is 117 Å². The number of benzene rings is 1. The topological polar surface area (TPSA) is 49.6 Å². The molecule has 1 unspecified atom stereocenters. The van der Waals surface area contributed by atoms with Crippen LogP contribution in [0.5, 0.6) is 0 Å². The Hall–Kier alpha value is -1.17. The lowest BCUT2D eigenvalue weighted by Gasteiger charge is -2.20. The number of nitro groups is 1. The van der Waals surface area contributed by atoms with Crippen molar-refractivity contribution in [1.29, 1.82) is 0 Å². The van der Waals surface area contributed by atoms with Gasteiger partial charge in [-0.3, -0.25) is 15.0 Å². The van der Waals surface area contributed by atoms with Gasteiger partial charge in [0.15, 0.2) is 0 Å². The van der Waals surface area contributed by atoms with Gasteiger partial charge in [0, 0.05) is 31.7 Å². The molecule has 0 bridgehead atoms. The number of halogens is 1. The van der Waals surface area contributed by atoms with Gasteiger partial charge >= 0.3 is 0 Å². The van der Waals surface area contributed by atoms with Gasteiger partial charge in [0.2, 0.25) is 0 Å². The number of rotatable bonds is 4. The highest BCUT2D eigenvalue weighted by Crippen LogP contribution is 2.26. The third kappa shape index (κ3) is 3.43. The number of nitrogens with zero attached hydrogens (tertiary/aromatic N) is 3. The van der Waals surface area contributed by atoms with Crippen LogP contribution in [0.1, 0.15) is 12.0 Å². The number of hydrogen-bond donors (Lipinski definition) is 0. The summed E-state index contributed by atoms with van der Waals surface area (Å²) in [7, 11) is 4.17. The van der Waals surface area contributed by atoms with Gasteiger partial charge in [-0.05, 0) is 32.1 Å². The molecule has 0 saturated carbocycles. The number of likely N-dealkylation sites (tertiary alicyclic amines) is 1. The number of nitro benzene ring substituents is 1. The van der Waals surface area contributed by atoms with Crippen molar-refractivity contribution in [3.05, 3.63) is 38.9 Å². The zero-order valence-corrected chi connectivity index (χ0v) is 11.9. The van der Waals surface area contributed by atoms with Crippen LogP contribution in [0.2, 0.25) is 5.02 Å². The second kappa shape index (κ2) is 5.86. The molecule has 1 aliphatic heterocycles. The molecule has 0 spiro atoms. The third-order valence-electron chi connectivity index (χ3n) is 3.59. The Morgan fingerprint density at radius 2 is 2.26 bits per heavy atom. The molecular formula is C13H18ClN3O2. The summed E-state index contributed by atoms with van der Waals surface area (Å²) < 4.78 is 0. The van der Waals surface area contributed by atoms with E-state index in [2.05, 4.69) is 23.9 Å². The molecule has 0 aromatic heterocycles. The first-order valence-corrected chi connectivity index (χ1v) is 6.67. The van der Waals surface area contributed by atoms with E-state index in [1.807, 2.05) is 6.07 Å². The van der Waals surface area contributed by atoms with Crippen LogP contribution in [-0.4, -0.2) is 47.9 Å². The van der Waals surface area contributed by atoms with Crippen molar-refractivity contribution in [1.82, 2.24) is 9.80 Å². The Morgan fingerprint density at radius 1 is 1.53 bits per heavy atom. The minimum atomic E-state index is -0.432. The maximum absolute atomic E-state index is 10.9. The van der Waals surface area contributed by atoms with Crippen LogP contribution in [0, 0.1) is 10.1 Å². The van der Waals surface area contributed by atoms with Crippen LogP contribution in [-0.2, 0) is 6.54 Å². The van der Waals surface area contributed by atoms with E-state index in [9.17, 15) is 10.1 Å². The van der Waals surface area contributed by atoms with Gasteiger partial charge < -0.3 is 4.90 Å². The van der Waals surface area contributed by atoms with E-state index >= 15 is 0 Å². The summed E-state index contributed by atoms with van der Waals surface area (Å²) in [6.07, 6.45) is 1.14. The summed E-state index contributed by atoms with van der Waals surface area (Å²) in [6.45, 7) is 2.77. The molecule has 1 aliphatic rings. The smallest absolute Gasteiger partial charge is 0.288 e. The molecule has 1 saturated heterocycles. The monoisotopic (exact) mass is 283 g/mol. The van der Waals surface area contributed by atoms with Crippen molar-refractivity contribution in [3.63, 3.8) is 0 Å². The van der Waals surface area contributed by atoms with Gasteiger partial charge in [-0.15, -0.1) is 0 Å². The molecule has 0 aliphatic carbocycles. The van der Waals surface area contributed by atoms with E-state index in [-0.39, 0.29) is 10.7 Å². The minimum Gasteiger partial charge on any atom is -0.305 e. The molecule has 2 rings (SSSR count). The van der Waals surface area contributed by atoms with E-state index in [1.54, 1.807) is 12.1 Å². The van der Waals surface area contributed by atoms with E-state index in [0.717, 1.165) is 31.6 Å². The largest absolute Gasteiger partial charge is 0.305 e. The summed E-state index contributed by atoms with van der Waals surface area (Å²) in [5.74, 6) is 0. The minimum absolute atomic E-state index is 0.0116. The van der Waals surface area contributed by atoms with Crippen molar-refractivity contribution in [2.45, 2.75) is 19.0 Å². The molecular weight excluding hydrogens is 266 g/mol. The van der Waals surface area contributed by atoms with Crippen LogP contribution >= 0.6 is 11.6 Å². The maximum Gasteiger partial charge on any atom is 0.288 e.